The summed E-state index contributed by atoms with van der Waals surface area (Å²) < 4.78 is 27.9. The summed E-state index contributed by atoms with van der Waals surface area (Å²) in [5, 5.41) is 0. The highest BCUT2D eigenvalue weighted by atomic mass is 79.9. The molecule has 0 aromatic heterocycles. The molecule has 0 atom stereocenters. The van der Waals surface area contributed by atoms with Crippen LogP contribution in [0.2, 0.25) is 0 Å². The molecule has 0 saturated heterocycles. The van der Waals surface area contributed by atoms with Crippen molar-refractivity contribution in [2.45, 2.75) is 37.1 Å². The van der Waals surface area contributed by atoms with Crippen LogP contribution < -0.4 is 4.72 Å². The Labute approximate surface area is 176 Å². The van der Waals surface area contributed by atoms with Gasteiger partial charge in [-0.25, -0.2) is 13.1 Å². The number of benzene rings is 2. The van der Waals surface area contributed by atoms with E-state index in [0.29, 0.717) is 15.9 Å². The Morgan fingerprint density at radius 2 is 1.67 bits per heavy atom. The molecule has 1 aliphatic rings. The Morgan fingerprint density at radius 3 is 2.44 bits per heavy atom. The van der Waals surface area contributed by atoms with Gasteiger partial charge in [-0.1, -0.05) is 42.8 Å². The lowest BCUT2D eigenvalue weighted by atomic mass is 10.00. The van der Waals surface area contributed by atoms with Gasteiger partial charge in [0.2, 0.25) is 10.0 Å². The van der Waals surface area contributed by atoms with Crippen molar-refractivity contribution < 1.29 is 8.42 Å². The second-order valence-corrected chi connectivity index (χ2v) is 9.27. The minimum Gasteiger partial charge on any atom is -0.299 e. The van der Waals surface area contributed by atoms with Crippen molar-refractivity contribution in [3.8, 4) is 0 Å². The maximum absolute atomic E-state index is 12.3. The van der Waals surface area contributed by atoms with E-state index in [2.05, 4.69) is 49.8 Å². The number of hydrogen-bond acceptors (Lipinski definition) is 3. The quantitative estimate of drug-likeness (QED) is 0.579. The molecule has 0 spiro atoms. The molecule has 0 aliphatic carbocycles. The van der Waals surface area contributed by atoms with E-state index in [0.717, 1.165) is 45.3 Å². The average Bonchev–Trinajstić information content (AvgIpc) is 2.64. The molecule has 1 aliphatic heterocycles. The first-order chi connectivity index (χ1) is 12.6. The van der Waals surface area contributed by atoms with Gasteiger partial charge in [0.15, 0.2) is 0 Å². The van der Waals surface area contributed by atoms with E-state index in [4.69, 9.17) is 0 Å². The molecule has 0 amide bonds. The molecule has 0 saturated carbocycles. The van der Waals surface area contributed by atoms with Crippen molar-refractivity contribution in [2.24, 2.45) is 0 Å². The molecule has 0 fully saturated rings. The third kappa shape index (κ3) is 6.29. The van der Waals surface area contributed by atoms with Crippen molar-refractivity contribution >= 4 is 38.4 Å². The van der Waals surface area contributed by atoms with Crippen molar-refractivity contribution in [3.63, 3.8) is 0 Å². The average molecular weight is 474 g/mol. The minimum absolute atomic E-state index is 0. The first kappa shape index (κ1) is 22.4. The van der Waals surface area contributed by atoms with Gasteiger partial charge in [-0.15, -0.1) is 12.4 Å². The van der Waals surface area contributed by atoms with Gasteiger partial charge in [-0.05, 0) is 65.0 Å². The standard InChI is InChI=1S/C20H25BrN2O2S.ClH/c21-19-10-4-5-11-20(19)26(24,25)22-13-6-1-7-14-23-15-12-17-8-2-3-9-18(17)16-23;/h2-5,8-11,22H,1,6-7,12-16H2;1H. The summed E-state index contributed by atoms with van der Waals surface area (Å²) >= 11 is 3.30. The monoisotopic (exact) mass is 472 g/mol. The highest BCUT2D eigenvalue weighted by molar-refractivity contribution is 9.10. The van der Waals surface area contributed by atoms with Crippen LogP contribution in [-0.2, 0) is 23.0 Å². The van der Waals surface area contributed by atoms with Crippen LogP contribution in [0, 0.1) is 0 Å². The number of halogens is 2. The van der Waals surface area contributed by atoms with Gasteiger partial charge in [0.25, 0.3) is 0 Å². The molecule has 2 aromatic carbocycles. The molecule has 1 heterocycles. The summed E-state index contributed by atoms with van der Waals surface area (Å²) in [6.07, 6.45) is 4.10. The zero-order valence-electron chi connectivity index (χ0n) is 15.2. The normalized spacial score (nSPS) is 14.4. The highest BCUT2D eigenvalue weighted by Crippen LogP contribution is 2.21. The topological polar surface area (TPSA) is 49.4 Å². The van der Waals surface area contributed by atoms with Gasteiger partial charge in [0, 0.05) is 24.1 Å². The van der Waals surface area contributed by atoms with Crippen molar-refractivity contribution in [3.05, 3.63) is 64.1 Å². The number of hydrogen-bond donors (Lipinski definition) is 1. The van der Waals surface area contributed by atoms with E-state index < -0.39 is 10.0 Å². The predicted octanol–water partition coefficient (Wildman–Crippen LogP) is 4.38. The highest BCUT2D eigenvalue weighted by Gasteiger charge is 2.17. The molecule has 2 aromatic rings. The van der Waals surface area contributed by atoms with Gasteiger partial charge in [-0.2, -0.15) is 0 Å². The SMILES string of the molecule is Cl.O=S(=O)(NCCCCCN1CCc2ccccc2C1)c1ccccc1Br. The van der Waals surface area contributed by atoms with Crippen LogP contribution in [-0.4, -0.2) is 33.0 Å². The van der Waals surface area contributed by atoms with E-state index in [1.807, 2.05) is 6.07 Å². The Bertz CT molecular complexity index is 845. The molecule has 3 rings (SSSR count). The van der Waals surface area contributed by atoms with Gasteiger partial charge < -0.3 is 0 Å². The summed E-state index contributed by atoms with van der Waals surface area (Å²) in [4.78, 5) is 2.79. The van der Waals surface area contributed by atoms with Crippen LogP contribution in [0.4, 0.5) is 0 Å². The zero-order chi connectivity index (χ0) is 18.4. The summed E-state index contributed by atoms with van der Waals surface area (Å²) in [7, 11) is -3.44. The molecule has 0 unspecified atom stereocenters. The largest absolute Gasteiger partial charge is 0.299 e. The number of rotatable bonds is 8. The van der Waals surface area contributed by atoms with Gasteiger partial charge in [0.1, 0.15) is 0 Å². The molecular formula is C20H26BrClN2O2S. The van der Waals surface area contributed by atoms with E-state index in [9.17, 15) is 8.42 Å². The van der Waals surface area contributed by atoms with Crippen LogP contribution in [0.3, 0.4) is 0 Å². The number of nitrogens with one attached hydrogen (secondary N) is 1. The van der Waals surface area contributed by atoms with Gasteiger partial charge in [-0.3, -0.25) is 4.90 Å². The van der Waals surface area contributed by atoms with Crippen LogP contribution >= 0.6 is 28.3 Å². The molecule has 1 N–H and O–H groups in total. The van der Waals surface area contributed by atoms with Crippen molar-refractivity contribution in [1.82, 2.24) is 9.62 Å². The lowest BCUT2D eigenvalue weighted by molar-refractivity contribution is 0.248. The molecule has 148 valence electrons. The zero-order valence-corrected chi connectivity index (χ0v) is 18.5. The second kappa shape index (κ2) is 10.6. The molecule has 7 heteroatoms. The van der Waals surface area contributed by atoms with Crippen LogP contribution in [0.5, 0.6) is 0 Å². The Balaban J connectivity index is 0.00000261. The maximum atomic E-state index is 12.3. The number of fused-ring (bicyclic) bond motifs is 1. The Kier molecular flexibility index (Phi) is 8.76. The summed E-state index contributed by atoms with van der Waals surface area (Å²) in [6.45, 7) is 3.70. The van der Waals surface area contributed by atoms with Crippen LogP contribution in [0.15, 0.2) is 57.9 Å². The first-order valence-electron chi connectivity index (χ1n) is 9.09. The molecule has 27 heavy (non-hydrogen) atoms. The summed E-state index contributed by atoms with van der Waals surface area (Å²) in [5.41, 5.74) is 2.92. The molecule has 0 bridgehead atoms. The number of unbranched alkanes of at least 4 members (excludes halogenated alkanes) is 2. The predicted molar refractivity (Wildman–Crippen MR) is 116 cm³/mol. The van der Waals surface area contributed by atoms with Crippen molar-refractivity contribution in [2.75, 3.05) is 19.6 Å². The summed E-state index contributed by atoms with van der Waals surface area (Å²) in [5.74, 6) is 0. The second-order valence-electron chi connectivity index (χ2n) is 6.68. The lowest BCUT2D eigenvalue weighted by Crippen LogP contribution is -2.31. The summed E-state index contributed by atoms with van der Waals surface area (Å²) in [6, 6.07) is 15.6. The van der Waals surface area contributed by atoms with Gasteiger partial charge >= 0.3 is 0 Å². The number of sulfonamides is 1. The number of nitrogens with zero attached hydrogens (tertiary/aromatic N) is 1. The molecule has 4 nitrogen and oxygen atoms in total. The van der Waals surface area contributed by atoms with E-state index >= 15 is 0 Å². The van der Waals surface area contributed by atoms with E-state index in [-0.39, 0.29) is 12.4 Å². The minimum atomic E-state index is -3.44. The van der Waals surface area contributed by atoms with E-state index in [1.165, 1.54) is 11.1 Å². The maximum Gasteiger partial charge on any atom is 0.241 e. The fraction of sp³-hybridized carbons (Fsp3) is 0.400. The first-order valence-corrected chi connectivity index (χ1v) is 11.4. The van der Waals surface area contributed by atoms with Gasteiger partial charge in [0.05, 0.1) is 4.90 Å². The lowest BCUT2D eigenvalue weighted by Gasteiger charge is -2.28. The van der Waals surface area contributed by atoms with Crippen molar-refractivity contribution in [1.29, 1.82) is 0 Å². The fourth-order valence-corrected chi connectivity index (χ4v) is 5.40. The Hall–Kier alpha value is -0.920. The van der Waals surface area contributed by atoms with E-state index in [1.54, 1.807) is 18.2 Å². The third-order valence-electron chi connectivity index (χ3n) is 4.78. The molecule has 0 radical (unpaired) electrons. The smallest absolute Gasteiger partial charge is 0.241 e. The third-order valence-corrected chi connectivity index (χ3v) is 7.25. The fourth-order valence-electron chi connectivity index (χ4n) is 3.33. The van der Waals surface area contributed by atoms with Crippen LogP contribution in [0.25, 0.3) is 0 Å². The molecular weight excluding hydrogens is 448 g/mol. The Morgan fingerprint density at radius 1 is 0.963 bits per heavy atom. The van der Waals surface area contributed by atoms with Crippen LogP contribution in [0.1, 0.15) is 30.4 Å².